The van der Waals surface area contributed by atoms with Crippen LogP contribution in [0.15, 0.2) is 18.3 Å². The summed E-state index contributed by atoms with van der Waals surface area (Å²) >= 11 is 0. The highest BCUT2D eigenvalue weighted by Crippen LogP contribution is 2.15. The maximum Gasteiger partial charge on any atom is 0.312 e. The van der Waals surface area contributed by atoms with Crippen molar-refractivity contribution < 1.29 is 14.5 Å². The third kappa shape index (κ3) is 3.82. The fourth-order valence-electron chi connectivity index (χ4n) is 1.08. The molecule has 7 heteroatoms. The minimum Gasteiger partial charge on any atom is -0.466 e. The molecule has 0 amide bonds. The average Bonchev–Trinajstić information content (AvgIpc) is 2.18. The third-order valence-corrected chi connectivity index (χ3v) is 1.68. The summed E-state index contributed by atoms with van der Waals surface area (Å²) in [7, 11) is 0. The van der Waals surface area contributed by atoms with Crippen molar-refractivity contribution >= 4 is 24.1 Å². The zero-order valence-electron chi connectivity index (χ0n) is 8.58. The molecule has 0 aliphatic carbocycles. The van der Waals surface area contributed by atoms with Crippen LogP contribution in [-0.4, -0.2) is 22.5 Å². The Labute approximate surface area is 98.2 Å². The number of rotatable bonds is 4. The summed E-state index contributed by atoms with van der Waals surface area (Å²) in [6.07, 6.45) is 1.23. The molecule has 0 saturated carbocycles. The van der Waals surface area contributed by atoms with Gasteiger partial charge in [-0.1, -0.05) is 0 Å². The lowest BCUT2D eigenvalue weighted by molar-refractivity contribution is -0.385. The minimum atomic E-state index is -0.568. The fraction of sp³-hybridized carbons (Fsp3) is 0.333. The molecule has 16 heavy (non-hydrogen) atoms. The number of aromatic nitrogens is 1. The van der Waals surface area contributed by atoms with Crippen LogP contribution in [0.25, 0.3) is 0 Å². The molecule has 0 saturated heterocycles. The smallest absolute Gasteiger partial charge is 0.312 e. The van der Waals surface area contributed by atoms with E-state index in [1.807, 2.05) is 0 Å². The van der Waals surface area contributed by atoms with Gasteiger partial charge >= 0.3 is 5.97 Å². The second-order valence-corrected chi connectivity index (χ2v) is 2.71. The number of hydrogen-bond acceptors (Lipinski definition) is 5. The number of hydrogen-bond donors (Lipinski definition) is 0. The lowest BCUT2D eigenvalue weighted by Gasteiger charge is -2.01. The zero-order valence-corrected chi connectivity index (χ0v) is 9.40. The van der Waals surface area contributed by atoms with Crippen LogP contribution < -0.4 is 0 Å². The van der Waals surface area contributed by atoms with Gasteiger partial charge in [-0.15, -0.1) is 12.4 Å². The topological polar surface area (TPSA) is 82.3 Å². The fourth-order valence-corrected chi connectivity index (χ4v) is 1.08. The van der Waals surface area contributed by atoms with E-state index in [9.17, 15) is 14.9 Å². The second-order valence-electron chi connectivity index (χ2n) is 2.71. The molecule has 0 aliphatic rings. The quantitative estimate of drug-likeness (QED) is 0.457. The van der Waals surface area contributed by atoms with Gasteiger partial charge in [0, 0.05) is 12.3 Å². The third-order valence-electron chi connectivity index (χ3n) is 1.68. The maximum atomic E-state index is 11.1. The molecule has 0 aromatic carbocycles. The van der Waals surface area contributed by atoms with Gasteiger partial charge in [0.2, 0.25) is 0 Å². The predicted molar refractivity (Wildman–Crippen MR) is 58.5 cm³/mol. The lowest BCUT2D eigenvalue weighted by atomic mass is 10.2. The second kappa shape index (κ2) is 6.73. The van der Waals surface area contributed by atoms with Gasteiger partial charge in [-0.05, 0) is 13.0 Å². The largest absolute Gasteiger partial charge is 0.466 e. The Hall–Kier alpha value is -1.69. The highest BCUT2D eigenvalue weighted by atomic mass is 35.5. The van der Waals surface area contributed by atoms with Gasteiger partial charge in [0.05, 0.1) is 18.0 Å². The van der Waals surface area contributed by atoms with Gasteiger partial charge in [-0.2, -0.15) is 0 Å². The van der Waals surface area contributed by atoms with E-state index in [1.54, 1.807) is 6.92 Å². The average molecular weight is 247 g/mol. The summed E-state index contributed by atoms with van der Waals surface area (Å²) in [6.45, 7) is 1.92. The molecule has 88 valence electrons. The highest BCUT2D eigenvalue weighted by molar-refractivity contribution is 5.85. The van der Waals surface area contributed by atoms with E-state index >= 15 is 0 Å². The Balaban J connectivity index is 0.00000225. The molecule has 0 bridgehead atoms. The van der Waals surface area contributed by atoms with Gasteiger partial charge in [0.1, 0.15) is 5.69 Å². The van der Waals surface area contributed by atoms with Crippen molar-refractivity contribution in [1.29, 1.82) is 0 Å². The van der Waals surface area contributed by atoms with Crippen LogP contribution in [0.5, 0.6) is 0 Å². The number of nitro groups is 1. The Morgan fingerprint density at radius 1 is 1.62 bits per heavy atom. The van der Waals surface area contributed by atoms with E-state index in [2.05, 4.69) is 9.72 Å². The first-order chi connectivity index (χ1) is 7.15. The molecule has 0 atom stereocenters. The summed E-state index contributed by atoms with van der Waals surface area (Å²) in [4.78, 5) is 24.9. The molecule has 0 spiro atoms. The van der Waals surface area contributed by atoms with Crippen LogP contribution in [0, 0.1) is 10.1 Å². The Morgan fingerprint density at radius 3 is 2.88 bits per heavy atom. The van der Waals surface area contributed by atoms with E-state index in [4.69, 9.17) is 0 Å². The number of halogens is 1. The van der Waals surface area contributed by atoms with E-state index < -0.39 is 10.9 Å². The van der Waals surface area contributed by atoms with Gasteiger partial charge in [0.15, 0.2) is 0 Å². The summed E-state index contributed by atoms with van der Waals surface area (Å²) in [6, 6.07) is 2.76. The zero-order chi connectivity index (χ0) is 11.3. The predicted octanol–water partition coefficient (Wildman–Crippen LogP) is 1.52. The van der Waals surface area contributed by atoms with Crippen LogP contribution >= 0.6 is 12.4 Å². The standard InChI is InChI=1S/C9H10N2O4.ClH/c1-2-15-9(12)6-7-8(11(13)14)4-3-5-10-7;/h3-5H,2,6H2,1H3;1H. The molecule has 6 nitrogen and oxygen atoms in total. The summed E-state index contributed by atoms with van der Waals surface area (Å²) in [5.74, 6) is -0.515. The van der Waals surface area contributed by atoms with E-state index in [0.29, 0.717) is 0 Å². The number of carbonyl (C=O) groups is 1. The highest BCUT2D eigenvalue weighted by Gasteiger charge is 2.17. The van der Waals surface area contributed by atoms with Crippen molar-refractivity contribution in [2.75, 3.05) is 6.61 Å². The summed E-state index contributed by atoms with van der Waals surface area (Å²) in [5.41, 5.74) is -0.0356. The monoisotopic (exact) mass is 246 g/mol. The van der Waals surface area contributed by atoms with Crippen LogP contribution in [0.1, 0.15) is 12.6 Å². The maximum absolute atomic E-state index is 11.1. The number of nitrogens with zero attached hydrogens (tertiary/aromatic N) is 2. The van der Waals surface area contributed by atoms with Crippen LogP contribution in [0.3, 0.4) is 0 Å². The van der Waals surface area contributed by atoms with E-state index in [-0.39, 0.29) is 36.8 Å². The molecule has 1 heterocycles. The normalized spacial score (nSPS) is 9.06. The first kappa shape index (κ1) is 14.3. The SMILES string of the molecule is CCOC(=O)Cc1ncccc1[N+](=O)[O-].Cl. The first-order valence-electron chi connectivity index (χ1n) is 4.39. The van der Waals surface area contributed by atoms with Crippen molar-refractivity contribution in [1.82, 2.24) is 4.98 Å². The summed E-state index contributed by atoms with van der Waals surface area (Å²) in [5, 5.41) is 10.6. The molecular formula is C9H11ClN2O4. The Morgan fingerprint density at radius 2 is 2.31 bits per heavy atom. The van der Waals surface area contributed by atoms with Crippen LogP contribution in [0.4, 0.5) is 5.69 Å². The van der Waals surface area contributed by atoms with Crippen LogP contribution in [0.2, 0.25) is 0 Å². The molecular weight excluding hydrogens is 236 g/mol. The van der Waals surface area contributed by atoms with Gasteiger partial charge in [-0.3, -0.25) is 19.9 Å². The van der Waals surface area contributed by atoms with Gasteiger partial charge < -0.3 is 4.74 Å². The molecule has 1 aromatic rings. The number of pyridine rings is 1. The van der Waals surface area contributed by atoms with Crippen molar-refractivity contribution in [3.8, 4) is 0 Å². The van der Waals surface area contributed by atoms with Gasteiger partial charge in [0.25, 0.3) is 5.69 Å². The minimum absolute atomic E-state index is 0. The number of esters is 1. The number of ether oxygens (including phenoxy) is 1. The molecule has 1 rings (SSSR count). The van der Waals surface area contributed by atoms with E-state index in [0.717, 1.165) is 0 Å². The Bertz CT molecular complexity index is 384. The van der Waals surface area contributed by atoms with Crippen molar-refractivity contribution in [2.24, 2.45) is 0 Å². The molecule has 0 unspecified atom stereocenters. The first-order valence-corrected chi connectivity index (χ1v) is 4.39. The molecule has 1 aromatic heterocycles. The molecule has 0 aliphatic heterocycles. The lowest BCUT2D eigenvalue weighted by Crippen LogP contribution is -2.10. The van der Waals surface area contributed by atoms with Gasteiger partial charge in [-0.25, -0.2) is 0 Å². The van der Waals surface area contributed by atoms with Crippen molar-refractivity contribution in [3.63, 3.8) is 0 Å². The van der Waals surface area contributed by atoms with Crippen LogP contribution in [-0.2, 0) is 16.0 Å². The summed E-state index contributed by atoms with van der Waals surface area (Å²) < 4.78 is 4.68. The van der Waals surface area contributed by atoms with E-state index in [1.165, 1.54) is 18.3 Å². The Kier molecular flexibility index (Phi) is 6.02. The van der Waals surface area contributed by atoms with Crippen molar-refractivity contribution in [2.45, 2.75) is 13.3 Å². The van der Waals surface area contributed by atoms with Crippen molar-refractivity contribution in [3.05, 3.63) is 34.1 Å². The molecule has 0 radical (unpaired) electrons. The number of carbonyl (C=O) groups excluding carboxylic acids is 1. The molecule has 0 N–H and O–H groups in total. The molecule has 0 fully saturated rings.